The number of rotatable bonds is 6. The third-order valence-electron chi connectivity index (χ3n) is 2.92. The Morgan fingerprint density at radius 3 is 2.70 bits per heavy atom. The van der Waals surface area contributed by atoms with Crippen LogP contribution in [0, 0.1) is 11.3 Å². The average Bonchev–Trinajstić information content (AvgIpc) is 2.43. The molecule has 0 atom stereocenters. The molecule has 0 aromatic heterocycles. The first-order valence-corrected chi connectivity index (χ1v) is 6.79. The van der Waals surface area contributed by atoms with E-state index in [2.05, 4.69) is 11.4 Å². The van der Waals surface area contributed by atoms with E-state index in [1.54, 1.807) is 6.07 Å². The van der Waals surface area contributed by atoms with Crippen LogP contribution in [0.4, 0.5) is 5.69 Å². The second-order valence-electron chi connectivity index (χ2n) is 4.90. The highest BCUT2D eigenvalue weighted by Gasteiger charge is 2.14. The fourth-order valence-electron chi connectivity index (χ4n) is 1.98. The fraction of sp³-hybridized carbons (Fsp3) is 0.467. The van der Waals surface area contributed by atoms with E-state index in [4.69, 9.17) is 5.73 Å². The van der Waals surface area contributed by atoms with Crippen molar-refractivity contribution < 1.29 is 4.79 Å². The van der Waals surface area contributed by atoms with Crippen molar-refractivity contribution in [1.82, 2.24) is 5.32 Å². The molecule has 20 heavy (non-hydrogen) atoms. The fourth-order valence-corrected chi connectivity index (χ4v) is 1.98. The summed E-state index contributed by atoms with van der Waals surface area (Å²) in [4.78, 5) is 13.7. The average molecular weight is 274 g/mol. The molecule has 0 aliphatic carbocycles. The normalized spacial score (nSPS) is 10.2. The number of carbonyl (C=O) groups excluding carboxylic acids is 1. The lowest BCUT2D eigenvalue weighted by molar-refractivity contribution is -0.120. The summed E-state index contributed by atoms with van der Waals surface area (Å²) in [6.07, 6.45) is 0. The van der Waals surface area contributed by atoms with Crippen molar-refractivity contribution in [3.8, 4) is 6.07 Å². The van der Waals surface area contributed by atoms with Crippen molar-refractivity contribution in [2.45, 2.75) is 33.4 Å². The third kappa shape index (κ3) is 4.25. The highest BCUT2D eigenvalue weighted by atomic mass is 16.2. The Labute approximate surface area is 120 Å². The maximum Gasteiger partial charge on any atom is 0.239 e. The molecule has 108 valence electrons. The summed E-state index contributed by atoms with van der Waals surface area (Å²) in [6, 6.07) is 7.80. The number of nitrogens with one attached hydrogen (secondary N) is 1. The van der Waals surface area contributed by atoms with Gasteiger partial charge in [-0.25, -0.2) is 0 Å². The van der Waals surface area contributed by atoms with Crippen molar-refractivity contribution in [3.63, 3.8) is 0 Å². The topological polar surface area (TPSA) is 82.2 Å². The SMILES string of the molecule is CCN(CC(=O)NC(C)C)c1ccc(CN)cc1C#N. The molecular weight excluding hydrogens is 252 g/mol. The van der Waals surface area contributed by atoms with Gasteiger partial charge in [0.15, 0.2) is 0 Å². The van der Waals surface area contributed by atoms with Gasteiger partial charge in [0.25, 0.3) is 0 Å². The molecule has 0 bridgehead atoms. The Balaban J connectivity index is 2.95. The molecule has 1 aromatic carbocycles. The molecule has 0 radical (unpaired) electrons. The van der Waals surface area contributed by atoms with Crippen LogP contribution in [0.2, 0.25) is 0 Å². The van der Waals surface area contributed by atoms with Crippen LogP contribution in [0.15, 0.2) is 18.2 Å². The van der Waals surface area contributed by atoms with Crippen molar-refractivity contribution in [3.05, 3.63) is 29.3 Å². The molecule has 5 nitrogen and oxygen atoms in total. The molecule has 5 heteroatoms. The zero-order valence-electron chi connectivity index (χ0n) is 12.3. The monoisotopic (exact) mass is 274 g/mol. The van der Waals surface area contributed by atoms with Crippen LogP contribution in [0.3, 0.4) is 0 Å². The van der Waals surface area contributed by atoms with E-state index in [1.165, 1.54) is 0 Å². The van der Waals surface area contributed by atoms with Gasteiger partial charge in [-0.05, 0) is 38.5 Å². The summed E-state index contributed by atoms with van der Waals surface area (Å²) in [5.41, 5.74) is 7.81. The molecule has 0 saturated carbocycles. The van der Waals surface area contributed by atoms with Gasteiger partial charge in [-0.15, -0.1) is 0 Å². The van der Waals surface area contributed by atoms with Crippen LogP contribution in [0.5, 0.6) is 0 Å². The first-order chi connectivity index (χ1) is 9.51. The lowest BCUT2D eigenvalue weighted by Crippen LogP contribution is -2.40. The highest BCUT2D eigenvalue weighted by molar-refractivity contribution is 5.82. The van der Waals surface area contributed by atoms with Gasteiger partial charge in [-0.2, -0.15) is 5.26 Å². The largest absolute Gasteiger partial charge is 0.361 e. The quantitative estimate of drug-likeness (QED) is 0.820. The minimum atomic E-state index is -0.0476. The number of hydrogen-bond donors (Lipinski definition) is 2. The maximum absolute atomic E-state index is 11.9. The van der Waals surface area contributed by atoms with Crippen molar-refractivity contribution in [1.29, 1.82) is 5.26 Å². The predicted octanol–water partition coefficient (Wildman–Crippen LogP) is 1.37. The van der Waals surface area contributed by atoms with E-state index in [1.807, 2.05) is 37.8 Å². The number of nitriles is 1. The lowest BCUT2D eigenvalue weighted by atomic mass is 10.1. The minimum Gasteiger partial charge on any atom is -0.361 e. The lowest BCUT2D eigenvalue weighted by Gasteiger charge is -2.24. The minimum absolute atomic E-state index is 0.0476. The van der Waals surface area contributed by atoms with Gasteiger partial charge >= 0.3 is 0 Å². The van der Waals surface area contributed by atoms with Crippen LogP contribution in [0.25, 0.3) is 0 Å². The summed E-state index contributed by atoms with van der Waals surface area (Å²) in [7, 11) is 0. The number of anilines is 1. The van der Waals surface area contributed by atoms with Gasteiger partial charge in [0, 0.05) is 19.1 Å². The van der Waals surface area contributed by atoms with Gasteiger partial charge in [-0.3, -0.25) is 4.79 Å². The molecular formula is C15H22N4O. The maximum atomic E-state index is 11.9. The van der Waals surface area contributed by atoms with Crippen molar-refractivity contribution in [2.75, 3.05) is 18.0 Å². The first-order valence-electron chi connectivity index (χ1n) is 6.79. The zero-order chi connectivity index (χ0) is 15.1. The smallest absolute Gasteiger partial charge is 0.239 e. The zero-order valence-corrected chi connectivity index (χ0v) is 12.3. The number of nitrogens with zero attached hydrogens (tertiary/aromatic N) is 2. The van der Waals surface area contributed by atoms with Crippen LogP contribution >= 0.6 is 0 Å². The molecule has 0 unspecified atom stereocenters. The van der Waals surface area contributed by atoms with E-state index in [9.17, 15) is 10.1 Å². The Kier molecular flexibility index (Phi) is 6.01. The number of carbonyl (C=O) groups is 1. The number of benzene rings is 1. The number of likely N-dealkylation sites (N-methyl/N-ethyl adjacent to an activating group) is 1. The van der Waals surface area contributed by atoms with E-state index < -0.39 is 0 Å². The molecule has 0 aliphatic rings. The Morgan fingerprint density at radius 2 is 2.20 bits per heavy atom. The third-order valence-corrected chi connectivity index (χ3v) is 2.92. The Hall–Kier alpha value is -2.06. The molecule has 0 fully saturated rings. The Morgan fingerprint density at radius 1 is 1.50 bits per heavy atom. The summed E-state index contributed by atoms with van der Waals surface area (Å²) in [5.74, 6) is -0.0476. The number of amides is 1. The molecule has 0 aliphatic heterocycles. The molecule has 1 amide bonds. The van der Waals surface area contributed by atoms with E-state index in [-0.39, 0.29) is 18.5 Å². The van der Waals surface area contributed by atoms with Gasteiger partial charge in [-0.1, -0.05) is 6.07 Å². The van der Waals surface area contributed by atoms with Crippen LogP contribution in [-0.2, 0) is 11.3 Å². The Bertz CT molecular complexity index is 505. The molecule has 0 heterocycles. The van der Waals surface area contributed by atoms with Crippen LogP contribution in [0.1, 0.15) is 31.9 Å². The predicted molar refractivity (Wildman–Crippen MR) is 80.2 cm³/mol. The summed E-state index contributed by atoms with van der Waals surface area (Å²) < 4.78 is 0. The van der Waals surface area contributed by atoms with Crippen molar-refractivity contribution >= 4 is 11.6 Å². The summed E-state index contributed by atoms with van der Waals surface area (Å²) in [6.45, 7) is 7.10. The van der Waals surface area contributed by atoms with E-state index >= 15 is 0 Å². The van der Waals surface area contributed by atoms with Gasteiger partial charge < -0.3 is 16.0 Å². The molecule has 1 aromatic rings. The van der Waals surface area contributed by atoms with E-state index in [0.29, 0.717) is 18.7 Å². The second kappa shape index (κ2) is 7.51. The van der Waals surface area contributed by atoms with Gasteiger partial charge in [0.1, 0.15) is 6.07 Å². The number of hydrogen-bond acceptors (Lipinski definition) is 4. The highest BCUT2D eigenvalue weighted by Crippen LogP contribution is 2.21. The summed E-state index contributed by atoms with van der Waals surface area (Å²) in [5, 5.41) is 12.1. The van der Waals surface area contributed by atoms with Gasteiger partial charge in [0.05, 0.1) is 17.8 Å². The second-order valence-corrected chi connectivity index (χ2v) is 4.90. The molecule has 3 N–H and O–H groups in total. The van der Waals surface area contributed by atoms with Gasteiger partial charge in [0.2, 0.25) is 5.91 Å². The molecule has 0 saturated heterocycles. The number of nitrogens with two attached hydrogens (primary N) is 1. The van der Waals surface area contributed by atoms with E-state index in [0.717, 1.165) is 11.3 Å². The van der Waals surface area contributed by atoms with Crippen LogP contribution < -0.4 is 16.0 Å². The molecule has 0 spiro atoms. The summed E-state index contributed by atoms with van der Waals surface area (Å²) >= 11 is 0. The first kappa shape index (κ1) is 16.0. The standard InChI is InChI=1S/C15H22N4O/c1-4-19(10-15(20)18-11(2)3)14-6-5-12(8-16)7-13(14)9-17/h5-7,11H,4,8,10,16H2,1-3H3,(H,18,20). The van der Waals surface area contributed by atoms with Crippen LogP contribution in [-0.4, -0.2) is 25.0 Å². The van der Waals surface area contributed by atoms with Crippen molar-refractivity contribution in [2.24, 2.45) is 5.73 Å². The molecule has 1 rings (SSSR count).